The van der Waals surface area contributed by atoms with Crippen LogP contribution in [0.5, 0.6) is 0 Å². The van der Waals surface area contributed by atoms with Gasteiger partial charge in [0.05, 0.1) is 31.5 Å². The minimum atomic E-state index is -0.606. The molecule has 0 bridgehead atoms. The van der Waals surface area contributed by atoms with Gasteiger partial charge < -0.3 is 24.0 Å². The Balaban J connectivity index is 1.91. The minimum Gasteiger partial charge on any atom is -0.389 e. The molecule has 1 aromatic heterocycles. The van der Waals surface area contributed by atoms with E-state index < -0.39 is 6.10 Å². The number of aromatic nitrogens is 1. The van der Waals surface area contributed by atoms with E-state index in [2.05, 4.69) is 28.8 Å². The first kappa shape index (κ1) is 24.6. The molecule has 0 aliphatic carbocycles. The second-order valence-electron chi connectivity index (χ2n) is 8.63. The Bertz CT molecular complexity index is 823. The Morgan fingerprint density at radius 3 is 2.69 bits per heavy atom. The highest BCUT2D eigenvalue weighted by molar-refractivity contribution is 5.68. The molecule has 0 unspecified atom stereocenters. The lowest BCUT2D eigenvalue weighted by atomic mass is 10.0. The summed E-state index contributed by atoms with van der Waals surface area (Å²) in [6.07, 6.45) is 0.375. The summed E-state index contributed by atoms with van der Waals surface area (Å²) in [4.78, 5) is 4.29. The highest BCUT2D eigenvalue weighted by Crippen LogP contribution is 2.34. The van der Waals surface area contributed by atoms with Gasteiger partial charge in [-0.05, 0) is 37.9 Å². The lowest BCUT2D eigenvalue weighted by Crippen LogP contribution is -2.38. The predicted molar refractivity (Wildman–Crippen MR) is 122 cm³/mol. The standard InChI is InChI=1S/C24H36FN3O4/c1-4-30-17-19(29)15-27(10-9-18(2)3)16-21-23(20-7-5-6-8-22(20)25)26-32-24(21)28-11-13-31-14-12-28/h5-8,18-19,29H,4,9-17H2,1-3H3/t19-/m0/s1. The van der Waals surface area contributed by atoms with Crippen LogP contribution in [0.3, 0.4) is 0 Å². The van der Waals surface area contributed by atoms with E-state index in [1.165, 1.54) is 6.07 Å². The molecule has 1 aliphatic heterocycles. The van der Waals surface area contributed by atoms with Gasteiger partial charge in [-0.15, -0.1) is 0 Å². The van der Waals surface area contributed by atoms with Crippen molar-refractivity contribution in [2.24, 2.45) is 5.92 Å². The highest BCUT2D eigenvalue weighted by atomic mass is 19.1. The van der Waals surface area contributed by atoms with Gasteiger partial charge in [0.2, 0.25) is 5.88 Å². The number of rotatable bonds is 12. The van der Waals surface area contributed by atoms with E-state index in [0.717, 1.165) is 18.5 Å². The molecule has 8 heteroatoms. The van der Waals surface area contributed by atoms with Crippen molar-refractivity contribution in [3.8, 4) is 11.3 Å². The van der Waals surface area contributed by atoms with Gasteiger partial charge in [0, 0.05) is 38.3 Å². The minimum absolute atomic E-state index is 0.287. The van der Waals surface area contributed by atoms with Crippen molar-refractivity contribution in [1.29, 1.82) is 0 Å². The lowest BCUT2D eigenvalue weighted by Gasteiger charge is -2.29. The summed E-state index contributed by atoms with van der Waals surface area (Å²) in [6.45, 7) is 11.5. The molecule has 1 N–H and O–H groups in total. The molecular weight excluding hydrogens is 413 g/mol. The van der Waals surface area contributed by atoms with E-state index in [0.29, 0.717) is 69.1 Å². The summed E-state index contributed by atoms with van der Waals surface area (Å²) in [5.74, 6) is 0.842. The van der Waals surface area contributed by atoms with Gasteiger partial charge in [0.1, 0.15) is 11.5 Å². The van der Waals surface area contributed by atoms with E-state index in [-0.39, 0.29) is 12.4 Å². The van der Waals surface area contributed by atoms with Gasteiger partial charge in [-0.1, -0.05) is 31.1 Å². The fourth-order valence-electron chi connectivity index (χ4n) is 3.83. The normalized spacial score (nSPS) is 15.7. The summed E-state index contributed by atoms with van der Waals surface area (Å²) >= 11 is 0. The molecule has 32 heavy (non-hydrogen) atoms. The highest BCUT2D eigenvalue weighted by Gasteiger charge is 2.27. The first-order chi connectivity index (χ1) is 15.5. The molecule has 1 aromatic carbocycles. The van der Waals surface area contributed by atoms with Crippen LogP contribution in [-0.2, 0) is 16.0 Å². The van der Waals surface area contributed by atoms with Crippen molar-refractivity contribution < 1.29 is 23.5 Å². The molecule has 1 fully saturated rings. The zero-order chi connectivity index (χ0) is 22.9. The Morgan fingerprint density at radius 1 is 1.25 bits per heavy atom. The van der Waals surface area contributed by atoms with Crippen LogP contribution in [0.25, 0.3) is 11.3 Å². The number of halogens is 1. The maximum absolute atomic E-state index is 14.7. The average molecular weight is 450 g/mol. The van der Waals surface area contributed by atoms with Crippen LogP contribution in [0.15, 0.2) is 28.8 Å². The third-order valence-corrected chi connectivity index (χ3v) is 5.58. The van der Waals surface area contributed by atoms with Crippen molar-refractivity contribution in [2.75, 3.05) is 57.5 Å². The summed E-state index contributed by atoms with van der Waals surface area (Å²) in [6, 6.07) is 6.63. The van der Waals surface area contributed by atoms with Crippen LogP contribution in [-0.4, -0.2) is 73.9 Å². The predicted octanol–water partition coefficient (Wildman–Crippen LogP) is 3.56. The van der Waals surface area contributed by atoms with Crippen molar-refractivity contribution >= 4 is 5.88 Å². The van der Waals surface area contributed by atoms with Crippen LogP contribution < -0.4 is 4.90 Å². The van der Waals surface area contributed by atoms with Gasteiger partial charge in [0.25, 0.3) is 0 Å². The number of morpholine rings is 1. The molecule has 2 heterocycles. The Kier molecular flexibility index (Phi) is 9.47. The maximum Gasteiger partial charge on any atom is 0.232 e. The number of benzene rings is 1. The van der Waals surface area contributed by atoms with Crippen molar-refractivity contribution in [1.82, 2.24) is 10.1 Å². The van der Waals surface area contributed by atoms with E-state index in [1.807, 2.05) is 6.92 Å². The van der Waals surface area contributed by atoms with Gasteiger partial charge in [-0.25, -0.2) is 4.39 Å². The summed E-state index contributed by atoms with van der Waals surface area (Å²) < 4.78 is 31.3. The fourth-order valence-corrected chi connectivity index (χ4v) is 3.83. The number of aliphatic hydroxyl groups excluding tert-OH is 1. The monoisotopic (exact) mass is 449 g/mol. The van der Waals surface area contributed by atoms with Crippen LogP contribution in [0.1, 0.15) is 32.8 Å². The van der Waals surface area contributed by atoms with Crippen LogP contribution in [0, 0.1) is 11.7 Å². The Hall–Kier alpha value is -2.00. The molecular formula is C24H36FN3O4. The summed E-state index contributed by atoms with van der Waals surface area (Å²) in [7, 11) is 0. The van der Waals surface area contributed by atoms with E-state index in [1.54, 1.807) is 18.2 Å². The second-order valence-corrected chi connectivity index (χ2v) is 8.63. The van der Waals surface area contributed by atoms with E-state index in [9.17, 15) is 9.50 Å². The number of aliphatic hydroxyl groups is 1. The molecule has 1 saturated heterocycles. The van der Waals surface area contributed by atoms with Crippen molar-refractivity contribution in [3.63, 3.8) is 0 Å². The van der Waals surface area contributed by atoms with Crippen molar-refractivity contribution in [2.45, 2.75) is 39.8 Å². The van der Waals surface area contributed by atoms with E-state index >= 15 is 0 Å². The number of nitrogens with zero attached hydrogens (tertiary/aromatic N) is 3. The zero-order valence-electron chi connectivity index (χ0n) is 19.4. The molecule has 178 valence electrons. The van der Waals surface area contributed by atoms with Gasteiger partial charge in [-0.3, -0.25) is 4.90 Å². The Labute approximate surface area is 190 Å². The van der Waals surface area contributed by atoms with Crippen molar-refractivity contribution in [3.05, 3.63) is 35.6 Å². The topological polar surface area (TPSA) is 71.2 Å². The molecule has 0 amide bonds. The largest absolute Gasteiger partial charge is 0.389 e. The first-order valence-electron chi connectivity index (χ1n) is 11.5. The lowest BCUT2D eigenvalue weighted by molar-refractivity contribution is 0.0188. The number of anilines is 1. The quantitative estimate of drug-likeness (QED) is 0.531. The van der Waals surface area contributed by atoms with Crippen LogP contribution >= 0.6 is 0 Å². The first-order valence-corrected chi connectivity index (χ1v) is 11.5. The maximum atomic E-state index is 14.7. The summed E-state index contributed by atoms with van der Waals surface area (Å²) in [5.41, 5.74) is 1.77. The average Bonchev–Trinajstić information content (AvgIpc) is 3.20. The van der Waals surface area contributed by atoms with Crippen LogP contribution in [0.2, 0.25) is 0 Å². The molecule has 0 saturated carbocycles. The number of hydrogen-bond acceptors (Lipinski definition) is 7. The SMILES string of the molecule is CCOC[C@@H](O)CN(CCC(C)C)Cc1c(-c2ccccc2F)noc1N1CCOCC1. The molecule has 3 rings (SSSR count). The van der Waals surface area contributed by atoms with Gasteiger partial charge in [-0.2, -0.15) is 0 Å². The molecule has 0 spiro atoms. The number of hydrogen-bond donors (Lipinski definition) is 1. The summed E-state index contributed by atoms with van der Waals surface area (Å²) in [5, 5.41) is 14.8. The van der Waals surface area contributed by atoms with Gasteiger partial charge >= 0.3 is 0 Å². The van der Waals surface area contributed by atoms with E-state index in [4.69, 9.17) is 14.0 Å². The second kappa shape index (κ2) is 12.3. The third-order valence-electron chi connectivity index (χ3n) is 5.58. The molecule has 1 aliphatic rings. The number of ether oxygens (including phenoxy) is 2. The smallest absolute Gasteiger partial charge is 0.232 e. The molecule has 2 aromatic rings. The van der Waals surface area contributed by atoms with Crippen LogP contribution in [0.4, 0.5) is 10.3 Å². The fraction of sp³-hybridized carbons (Fsp3) is 0.625. The van der Waals surface area contributed by atoms with Gasteiger partial charge in [0.15, 0.2) is 0 Å². The molecule has 1 atom stereocenters. The Morgan fingerprint density at radius 2 is 2.00 bits per heavy atom. The molecule has 0 radical (unpaired) electrons. The zero-order valence-corrected chi connectivity index (χ0v) is 19.4. The third kappa shape index (κ3) is 6.75. The molecule has 7 nitrogen and oxygen atoms in total.